The van der Waals surface area contributed by atoms with Gasteiger partial charge in [-0.1, -0.05) is 19.9 Å². The highest BCUT2D eigenvalue weighted by atomic mass is 16.5. The van der Waals surface area contributed by atoms with Crippen molar-refractivity contribution in [2.45, 2.75) is 33.6 Å². The number of nitrogens with one attached hydrogen (secondary N) is 2. The third-order valence-corrected chi connectivity index (χ3v) is 5.69. The lowest BCUT2D eigenvalue weighted by Gasteiger charge is -2.17. The van der Waals surface area contributed by atoms with Crippen LogP contribution >= 0.6 is 0 Å². The third kappa shape index (κ3) is 4.80. The van der Waals surface area contributed by atoms with E-state index in [9.17, 15) is 10.1 Å². The SMILES string of the molecule is CC/C=C/C(=O)Nc1cc2c(Nc3ccc4c(cnn4C)c3)c(C#N)c(CC)nc2cc1OCC. The number of allylic oxidation sites excluding steroid dienone is 1. The first-order valence-corrected chi connectivity index (χ1v) is 11.7. The van der Waals surface area contributed by atoms with Gasteiger partial charge in [0.15, 0.2) is 0 Å². The fraction of sp³-hybridized carbons (Fsp3) is 0.259. The number of hydrogen-bond acceptors (Lipinski definition) is 6. The van der Waals surface area contributed by atoms with Crippen molar-refractivity contribution in [3.05, 3.63) is 59.9 Å². The van der Waals surface area contributed by atoms with E-state index < -0.39 is 0 Å². The Morgan fingerprint density at radius 2 is 2.06 bits per heavy atom. The molecule has 0 aliphatic carbocycles. The Morgan fingerprint density at radius 3 is 2.77 bits per heavy atom. The summed E-state index contributed by atoms with van der Waals surface area (Å²) in [5.74, 6) is 0.280. The van der Waals surface area contributed by atoms with Crippen molar-refractivity contribution in [2.75, 3.05) is 17.2 Å². The van der Waals surface area contributed by atoms with Crippen molar-refractivity contribution < 1.29 is 9.53 Å². The minimum absolute atomic E-state index is 0.248. The van der Waals surface area contributed by atoms with Gasteiger partial charge in [0.05, 0.1) is 46.5 Å². The number of hydrogen-bond donors (Lipinski definition) is 2. The second kappa shape index (κ2) is 10.3. The third-order valence-electron chi connectivity index (χ3n) is 5.69. The summed E-state index contributed by atoms with van der Waals surface area (Å²) in [5.41, 5.74) is 4.83. The van der Waals surface area contributed by atoms with E-state index >= 15 is 0 Å². The van der Waals surface area contributed by atoms with Gasteiger partial charge in [-0.15, -0.1) is 0 Å². The number of carbonyl (C=O) groups is 1. The molecule has 0 bridgehead atoms. The molecule has 4 rings (SSSR count). The number of carbonyl (C=O) groups excluding carboxylic acids is 1. The van der Waals surface area contributed by atoms with Gasteiger partial charge in [0.1, 0.15) is 11.8 Å². The standard InChI is InChI=1S/C27H28N6O2/c1-5-8-9-26(34)32-23-13-19-22(14-25(23)35-7-3)31-21(6-2)20(15-28)27(19)30-18-10-11-24-17(12-18)16-29-33(24)4/h8-14,16H,5-7H2,1-4H3,(H,30,31)(H,32,34)/b9-8+. The second-order valence-corrected chi connectivity index (χ2v) is 8.04. The molecule has 178 valence electrons. The maximum absolute atomic E-state index is 12.4. The van der Waals surface area contributed by atoms with E-state index in [4.69, 9.17) is 9.72 Å². The number of aromatic nitrogens is 3. The van der Waals surface area contributed by atoms with Crippen molar-refractivity contribution in [1.82, 2.24) is 14.8 Å². The molecular formula is C27H28N6O2. The lowest BCUT2D eigenvalue weighted by Crippen LogP contribution is -2.10. The summed E-state index contributed by atoms with van der Waals surface area (Å²) in [6.45, 7) is 6.26. The molecule has 0 saturated carbocycles. The smallest absolute Gasteiger partial charge is 0.248 e. The average molecular weight is 469 g/mol. The first-order chi connectivity index (χ1) is 17.0. The molecule has 4 aromatic rings. The average Bonchev–Trinajstić information content (AvgIpc) is 3.23. The molecule has 0 fully saturated rings. The quantitative estimate of drug-likeness (QED) is 0.326. The molecule has 35 heavy (non-hydrogen) atoms. The largest absolute Gasteiger partial charge is 0.492 e. The maximum Gasteiger partial charge on any atom is 0.248 e. The Labute approximate surface area is 204 Å². The van der Waals surface area contributed by atoms with Gasteiger partial charge < -0.3 is 15.4 Å². The van der Waals surface area contributed by atoms with Crippen LogP contribution in [0.25, 0.3) is 21.8 Å². The number of anilines is 3. The summed E-state index contributed by atoms with van der Waals surface area (Å²) in [6, 6.07) is 11.9. The summed E-state index contributed by atoms with van der Waals surface area (Å²) < 4.78 is 7.63. The molecule has 0 aliphatic heterocycles. The Balaban J connectivity index is 1.89. The van der Waals surface area contributed by atoms with Crippen molar-refractivity contribution in [3.63, 3.8) is 0 Å². The van der Waals surface area contributed by atoms with Crippen molar-refractivity contribution in [3.8, 4) is 11.8 Å². The Kier molecular flexibility index (Phi) is 6.97. The number of amides is 1. The zero-order valence-corrected chi connectivity index (χ0v) is 20.3. The van der Waals surface area contributed by atoms with Gasteiger partial charge in [0.2, 0.25) is 5.91 Å². The van der Waals surface area contributed by atoms with Gasteiger partial charge >= 0.3 is 0 Å². The fourth-order valence-corrected chi connectivity index (χ4v) is 4.01. The Bertz CT molecular complexity index is 1480. The van der Waals surface area contributed by atoms with Crippen LogP contribution in [0.15, 0.2) is 48.7 Å². The van der Waals surface area contributed by atoms with Crippen LogP contribution in [0.1, 0.15) is 38.4 Å². The van der Waals surface area contributed by atoms with E-state index in [1.807, 2.05) is 62.8 Å². The van der Waals surface area contributed by atoms with Crippen LogP contribution < -0.4 is 15.4 Å². The number of rotatable bonds is 8. The number of benzene rings is 2. The molecule has 0 aliphatic rings. The molecule has 2 aromatic heterocycles. The van der Waals surface area contributed by atoms with E-state index in [2.05, 4.69) is 21.8 Å². The van der Waals surface area contributed by atoms with Gasteiger partial charge in [0.25, 0.3) is 0 Å². The summed E-state index contributed by atoms with van der Waals surface area (Å²) in [4.78, 5) is 17.2. The first kappa shape index (κ1) is 23.8. The lowest BCUT2D eigenvalue weighted by molar-refractivity contribution is -0.111. The zero-order chi connectivity index (χ0) is 24.9. The van der Waals surface area contributed by atoms with Crippen LogP contribution in [0.3, 0.4) is 0 Å². The number of ether oxygens (including phenoxy) is 1. The van der Waals surface area contributed by atoms with Gasteiger partial charge in [-0.05, 0) is 50.1 Å². The number of nitrogens with zero attached hydrogens (tertiary/aromatic N) is 4. The molecule has 2 heterocycles. The van der Waals surface area contributed by atoms with Gasteiger partial charge in [-0.3, -0.25) is 14.5 Å². The molecule has 2 N–H and O–H groups in total. The van der Waals surface area contributed by atoms with E-state index in [0.717, 1.165) is 23.0 Å². The number of aryl methyl sites for hydroxylation is 2. The topological polar surface area (TPSA) is 105 Å². The molecule has 2 aromatic carbocycles. The maximum atomic E-state index is 12.4. The van der Waals surface area contributed by atoms with E-state index in [-0.39, 0.29) is 5.91 Å². The summed E-state index contributed by atoms with van der Waals surface area (Å²) in [5, 5.41) is 22.4. The van der Waals surface area contributed by atoms with Crippen LogP contribution in [0.2, 0.25) is 0 Å². The highest BCUT2D eigenvalue weighted by Gasteiger charge is 2.18. The molecule has 8 heteroatoms. The van der Waals surface area contributed by atoms with Crippen LogP contribution in [0, 0.1) is 11.3 Å². The predicted molar refractivity (Wildman–Crippen MR) is 139 cm³/mol. The zero-order valence-electron chi connectivity index (χ0n) is 20.3. The lowest BCUT2D eigenvalue weighted by atomic mass is 10.0. The monoisotopic (exact) mass is 468 g/mol. The normalized spacial score (nSPS) is 11.2. The summed E-state index contributed by atoms with van der Waals surface area (Å²) >= 11 is 0. The van der Waals surface area contributed by atoms with Crippen molar-refractivity contribution in [2.24, 2.45) is 7.05 Å². The molecule has 0 spiro atoms. The fourth-order valence-electron chi connectivity index (χ4n) is 4.01. The van der Waals surface area contributed by atoms with Crippen molar-refractivity contribution >= 4 is 44.8 Å². The van der Waals surface area contributed by atoms with Crippen LogP contribution in [-0.2, 0) is 18.3 Å². The number of fused-ring (bicyclic) bond motifs is 2. The minimum atomic E-state index is -0.248. The Morgan fingerprint density at radius 1 is 1.23 bits per heavy atom. The summed E-state index contributed by atoms with van der Waals surface area (Å²) in [7, 11) is 1.90. The second-order valence-electron chi connectivity index (χ2n) is 8.04. The highest BCUT2D eigenvalue weighted by Crippen LogP contribution is 2.38. The molecule has 0 unspecified atom stereocenters. The van der Waals surface area contributed by atoms with Gasteiger partial charge in [0, 0.05) is 29.6 Å². The Hall–Kier alpha value is -4.38. The van der Waals surface area contributed by atoms with Crippen molar-refractivity contribution in [1.29, 1.82) is 5.26 Å². The highest BCUT2D eigenvalue weighted by molar-refractivity contribution is 6.05. The molecule has 0 saturated heterocycles. The molecule has 1 amide bonds. The van der Waals surface area contributed by atoms with Gasteiger partial charge in [-0.25, -0.2) is 0 Å². The predicted octanol–water partition coefficient (Wildman–Crippen LogP) is 5.60. The van der Waals surface area contributed by atoms with E-state index in [1.54, 1.807) is 12.3 Å². The minimum Gasteiger partial charge on any atom is -0.492 e. The molecule has 0 atom stereocenters. The molecule has 8 nitrogen and oxygen atoms in total. The van der Waals surface area contributed by atoms with Crippen LogP contribution in [0.4, 0.5) is 17.1 Å². The van der Waals surface area contributed by atoms with Crippen LogP contribution in [-0.4, -0.2) is 27.3 Å². The first-order valence-electron chi connectivity index (χ1n) is 11.7. The molecular weight excluding hydrogens is 440 g/mol. The van der Waals surface area contributed by atoms with Crippen LogP contribution in [0.5, 0.6) is 5.75 Å². The van der Waals surface area contributed by atoms with E-state index in [0.29, 0.717) is 52.3 Å². The number of nitriles is 1. The summed E-state index contributed by atoms with van der Waals surface area (Å²) in [6.07, 6.45) is 6.45. The van der Waals surface area contributed by atoms with E-state index in [1.165, 1.54) is 6.08 Å². The molecule has 0 radical (unpaired) electrons. The van der Waals surface area contributed by atoms with Gasteiger partial charge in [-0.2, -0.15) is 10.4 Å². The number of pyridine rings is 1.